The van der Waals surface area contributed by atoms with Gasteiger partial charge in [0.2, 0.25) is 0 Å². The lowest BCUT2D eigenvalue weighted by molar-refractivity contribution is 0.475. The van der Waals surface area contributed by atoms with Crippen LogP contribution in [0, 0.1) is 12.7 Å². The summed E-state index contributed by atoms with van der Waals surface area (Å²) in [5.41, 5.74) is 6.81. The Hall–Kier alpha value is -1.46. The number of ether oxygens (including phenoxy) is 1. The summed E-state index contributed by atoms with van der Waals surface area (Å²) in [4.78, 5) is 0.232. The highest BCUT2D eigenvalue weighted by atomic mass is 79.9. The summed E-state index contributed by atoms with van der Waals surface area (Å²) in [5, 5.41) is 0. The molecule has 0 amide bonds. The van der Waals surface area contributed by atoms with E-state index in [2.05, 4.69) is 15.9 Å². The molecule has 2 rings (SSSR count). The molecule has 0 fully saturated rings. The van der Waals surface area contributed by atoms with Crippen molar-refractivity contribution in [1.29, 1.82) is 0 Å². The third-order valence-corrected chi connectivity index (χ3v) is 3.29. The summed E-state index contributed by atoms with van der Waals surface area (Å²) >= 11 is 8.31. The van der Waals surface area contributed by atoms with E-state index in [-0.39, 0.29) is 10.8 Å². The molecule has 5 heteroatoms. The second kappa shape index (κ2) is 5.67. The van der Waals surface area contributed by atoms with Gasteiger partial charge in [0.15, 0.2) is 0 Å². The van der Waals surface area contributed by atoms with Gasteiger partial charge in [0, 0.05) is 10.5 Å². The van der Waals surface area contributed by atoms with Crippen LogP contribution in [0.3, 0.4) is 0 Å². The Labute approximate surface area is 124 Å². The van der Waals surface area contributed by atoms with Crippen molar-refractivity contribution in [3.8, 4) is 11.5 Å². The Morgan fingerprint density at radius 3 is 2.63 bits per heavy atom. The first kappa shape index (κ1) is 14.0. The molecule has 0 aliphatic carbocycles. The smallest absolute Gasteiger partial charge is 0.138 e. The van der Waals surface area contributed by atoms with Crippen molar-refractivity contribution in [3.63, 3.8) is 0 Å². The second-order valence-corrected chi connectivity index (χ2v) is 5.37. The molecule has 0 aliphatic rings. The van der Waals surface area contributed by atoms with E-state index in [0.717, 1.165) is 4.47 Å². The van der Waals surface area contributed by atoms with Crippen molar-refractivity contribution in [2.24, 2.45) is 5.73 Å². The van der Waals surface area contributed by atoms with E-state index >= 15 is 0 Å². The quantitative estimate of drug-likeness (QED) is 0.845. The van der Waals surface area contributed by atoms with Crippen molar-refractivity contribution in [2.45, 2.75) is 6.92 Å². The van der Waals surface area contributed by atoms with Gasteiger partial charge in [-0.1, -0.05) is 34.2 Å². The third kappa shape index (κ3) is 3.30. The van der Waals surface area contributed by atoms with E-state index in [1.807, 2.05) is 6.07 Å². The maximum atomic E-state index is 13.5. The highest BCUT2D eigenvalue weighted by Crippen LogP contribution is 2.29. The van der Waals surface area contributed by atoms with Crippen molar-refractivity contribution in [3.05, 3.63) is 57.8 Å². The van der Waals surface area contributed by atoms with Crippen LogP contribution in [0.15, 0.2) is 40.9 Å². The van der Waals surface area contributed by atoms with Crippen LogP contribution in [-0.2, 0) is 0 Å². The van der Waals surface area contributed by atoms with Crippen molar-refractivity contribution < 1.29 is 9.13 Å². The topological polar surface area (TPSA) is 35.2 Å². The van der Waals surface area contributed by atoms with Crippen LogP contribution in [0.2, 0.25) is 0 Å². The molecule has 0 saturated carbocycles. The standard InChI is InChI=1S/C14H11BrFNOS/c1-8-2-4-10(7-12(8)16)18-13-6-9(15)3-5-11(13)14(17)19/h2-7H,1H3,(H2,17,19). The van der Waals surface area contributed by atoms with Crippen molar-refractivity contribution >= 4 is 33.1 Å². The molecule has 2 nitrogen and oxygen atoms in total. The summed E-state index contributed by atoms with van der Waals surface area (Å²) in [6.07, 6.45) is 0. The average Bonchev–Trinajstić information content (AvgIpc) is 2.33. The van der Waals surface area contributed by atoms with Crippen LogP contribution in [0.25, 0.3) is 0 Å². The fourth-order valence-electron chi connectivity index (χ4n) is 1.55. The fraction of sp³-hybridized carbons (Fsp3) is 0.0714. The maximum absolute atomic E-state index is 13.5. The monoisotopic (exact) mass is 339 g/mol. The molecule has 0 atom stereocenters. The summed E-state index contributed by atoms with van der Waals surface area (Å²) in [6, 6.07) is 10.0. The molecule has 2 aromatic carbocycles. The number of rotatable bonds is 3. The van der Waals surface area contributed by atoms with Crippen LogP contribution < -0.4 is 10.5 Å². The van der Waals surface area contributed by atoms with Crippen LogP contribution in [0.1, 0.15) is 11.1 Å². The minimum absolute atomic E-state index is 0.232. The van der Waals surface area contributed by atoms with Crippen molar-refractivity contribution in [2.75, 3.05) is 0 Å². The van der Waals surface area contributed by atoms with Gasteiger partial charge in [0.1, 0.15) is 22.3 Å². The van der Waals surface area contributed by atoms with E-state index in [0.29, 0.717) is 22.6 Å². The number of hydrogen-bond donors (Lipinski definition) is 1. The lowest BCUT2D eigenvalue weighted by atomic mass is 10.2. The predicted molar refractivity (Wildman–Crippen MR) is 81.2 cm³/mol. The second-order valence-electron chi connectivity index (χ2n) is 4.02. The minimum atomic E-state index is -0.315. The fourth-order valence-corrected chi connectivity index (χ4v) is 2.06. The van der Waals surface area contributed by atoms with Gasteiger partial charge >= 0.3 is 0 Å². The normalized spacial score (nSPS) is 10.3. The molecule has 2 N–H and O–H groups in total. The first-order valence-corrected chi connectivity index (χ1v) is 6.71. The summed E-state index contributed by atoms with van der Waals surface area (Å²) in [5.74, 6) is 0.577. The Balaban J connectivity index is 2.39. The summed E-state index contributed by atoms with van der Waals surface area (Å²) < 4.78 is 20.0. The lowest BCUT2D eigenvalue weighted by Gasteiger charge is -2.11. The van der Waals surface area contributed by atoms with Gasteiger partial charge in [-0.3, -0.25) is 0 Å². The zero-order valence-electron chi connectivity index (χ0n) is 10.1. The zero-order chi connectivity index (χ0) is 14.0. The third-order valence-electron chi connectivity index (χ3n) is 2.58. The molecule has 0 radical (unpaired) electrons. The SMILES string of the molecule is Cc1ccc(Oc2cc(Br)ccc2C(N)=S)cc1F. The predicted octanol–water partition coefficient (Wildman–Crippen LogP) is 4.32. The number of benzene rings is 2. The zero-order valence-corrected chi connectivity index (χ0v) is 12.5. The molecule has 0 spiro atoms. The Morgan fingerprint density at radius 1 is 1.26 bits per heavy atom. The number of aryl methyl sites for hydroxylation is 1. The first-order chi connectivity index (χ1) is 8.97. The highest BCUT2D eigenvalue weighted by molar-refractivity contribution is 9.10. The molecule has 0 bridgehead atoms. The molecule has 0 heterocycles. The number of halogens is 2. The Morgan fingerprint density at radius 2 is 2.00 bits per heavy atom. The van der Waals surface area contributed by atoms with Gasteiger partial charge in [-0.2, -0.15) is 0 Å². The molecule has 0 unspecified atom stereocenters. The largest absolute Gasteiger partial charge is 0.456 e. The van der Waals surface area contributed by atoms with Gasteiger partial charge in [-0.25, -0.2) is 4.39 Å². The Bertz CT molecular complexity index is 645. The van der Waals surface area contributed by atoms with Crippen LogP contribution in [-0.4, -0.2) is 4.99 Å². The molecule has 98 valence electrons. The molecule has 0 saturated heterocycles. The van der Waals surface area contributed by atoms with Gasteiger partial charge in [-0.05, 0) is 36.8 Å². The van der Waals surface area contributed by atoms with Crippen molar-refractivity contribution in [1.82, 2.24) is 0 Å². The summed E-state index contributed by atoms with van der Waals surface area (Å²) in [6.45, 7) is 1.69. The van der Waals surface area contributed by atoms with E-state index in [1.165, 1.54) is 6.07 Å². The van der Waals surface area contributed by atoms with Crippen LogP contribution in [0.5, 0.6) is 11.5 Å². The average molecular weight is 340 g/mol. The number of thiocarbonyl (C=S) groups is 1. The molecule has 19 heavy (non-hydrogen) atoms. The lowest BCUT2D eigenvalue weighted by Crippen LogP contribution is -2.10. The van der Waals surface area contributed by atoms with Gasteiger partial charge in [-0.15, -0.1) is 0 Å². The minimum Gasteiger partial charge on any atom is -0.456 e. The van der Waals surface area contributed by atoms with E-state index < -0.39 is 0 Å². The Kier molecular flexibility index (Phi) is 4.17. The molecular weight excluding hydrogens is 329 g/mol. The number of hydrogen-bond acceptors (Lipinski definition) is 2. The van der Waals surface area contributed by atoms with Gasteiger partial charge < -0.3 is 10.5 Å². The molecule has 2 aromatic rings. The van der Waals surface area contributed by atoms with Gasteiger partial charge in [0.25, 0.3) is 0 Å². The summed E-state index contributed by atoms with van der Waals surface area (Å²) in [7, 11) is 0. The molecular formula is C14H11BrFNOS. The first-order valence-electron chi connectivity index (χ1n) is 5.51. The highest BCUT2D eigenvalue weighted by Gasteiger charge is 2.09. The van der Waals surface area contributed by atoms with Crippen LogP contribution in [0.4, 0.5) is 4.39 Å². The molecule has 0 aromatic heterocycles. The van der Waals surface area contributed by atoms with Gasteiger partial charge in [0.05, 0.1) is 5.56 Å². The van der Waals surface area contributed by atoms with Crippen LogP contribution >= 0.6 is 28.1 Å². The number of nitrogens with two attached hydrogens (primary N) is 1. The van der Waals surface area contributed by atoms with E-state index in [4.69, 9.17) is 22.7 Å². The van der Waals surface area contributed by atoms with E-state index in [9.17, 15) is 4.39 Å². The molecule has 0 aliphatic heterocycles. The van der Waals surface area contributed by atoms with E-state index in [1.54, 1.807) is 31.2 Å². The maximum Gasteiger partial charge on any atom is 0.138 e.